The maximum Gasteiger partial charge on any atom is 0.239 e. The van der Waals surface area contributed by atoms with Crippen molar-refractivity contribution < 1.29 is 13.2 Å². The molecule has 0 bridgehead atoms. The van der Waals surface area contributed by atoms with Gasteiger partial charge in [0.25, 0.3) is 0 Å². The minimum atomic E-state index is -2.86. The number of piperidine rings is 1. The smallest absolute Gasteiger partial charge is 0.239 e. The fourth-order valence-corrected chi connectivity index (χ4v) is 8.36. The van der Waals surface area contributed by atoms with Gasteiger partial charge in [0.2, 0.25) is 5.95 Å². The highest BCUT2D eigenvalue weighted by atomic mass is 32.2. The first-order chi connectivity index (χ1) is 19.4. The van der Waals surface area contributed by atoms with Crippen molar-refractivity contribution in [1.29, 1.82) is 0 Å². The van der Waals surface area contributed by atoms with Gasteiger partial charge in [-0.1, -0.05) is 12.1 Å². The van der Waals surface area contributed by atoms with Crippen LogP contribution in [0.3, 0.4) is 0 Å². The summed E-state index contributed by atoms with van der Waals surface area (Å²) in [4.78, 5) is 24.7. The van der Waals surface area contributed by atoms with Crippen LogP contribution in [0.1, 0.15) is 30.9 Å². The first-order valence-electron chi connectivity index (χ1n) is 14.3. The minimum Gasteiger partial charge on any atom is -0.378 e. The van der Waals surface area contributed by atoms with E-state index >= 15 is 0 Å². The first kappa shape index (κ1) is 25.8. The number of para-hydroxylation sites is 2. The molecule has 0 spiro atoms. The van der Waals surface area contributed by atoms with Gasteiger partial charge in [0.05, 0.1) is 35.8 Å². The number of fused-ring (bicyclic) bond motifs is 2. The molecule has 3 aromatic heterocycles. The third-order valence-electron chi connectivity index (χ3n) is 8.87. The third kappa shape index (κ3) is 4.65. The van der Waals surface area contributed by atoms with Crippen molar-refractivity contribution in [2.45, 2.75) is 38.6 Å². The van der Waals surface area contributed by atoms with E-state index in [0.717, 1.165) is 91.5 Å². The van der Waals surface area contributed by atoms with E-state index in [1.165, 1.54) is 0 Å². The second kappa shape index (κ2) is 10.1. The highest BCUT2D eigenvalue weighted by Gasteiger charge is 2.34. The van der Waals surface area contributed by atoms with Crippen LogP contribution in [0, 0.1) is 12.8 Å². The average Bonchev–Trinajstić information content (AvgIpc) is 3.60. The van der Waals surface area contributed by atoms with E-state index in [4.69, 9.17) is 24.7 Å². The van der Waals surface area contributed by atoms with Gasteiger partial charge in [-0.25, -0.2) is 18.4 Å². The summed E-state index contributed by atoms with van der Waals surface area (Å²) in [5.41, 5.74) is 3.56. The van der Waals surface area contributed by atoms with E-state index in [0.29, 0.717) is 36.6 Å². The number of morpholine rings is 1. The molecular formula is C28H36N8O3S. The second-order valence-electron chi connectivity index (χ2n) is 11.4. The Morgan fingerprint density at radius 2 is 1.75 bits per heavy atom. The van der Waals surface area contributed by atoms with Crippen LogP contribution < -0.4 is 4.90 Å². The summed E-state index contributed by atoms with van der Waals surface area (Å²) in [5, 5.41) is 0. The van der Waals surface area contributed by atoms with Gasteiger partial charge in [-0.15, -0.1) is 0 Å². The molecule has 6 heterocycles. The molecule has 11 nitrogen and oxygen atoms in total. The van der Waals surface area contributed by atoms with Crippen molar-refractivity contribution in [1.82, 2.24) is 34.0 Å². The Morgan fingerprint density at radius 3 is 2.50 bits per heavy atom. The molecule has 1 unspecified atom stereocenters. The number of nitrogens with zero attached hydrogens (tertiary/aromatic N) is 8. The van der Waals surface area contributed by atoms with Crippen molar-refractivity contribution in [2.75, 3.05) is 55.8 Å². The number of imidazole rings is 2. The summed E-state index contributed by atoms with van der Waals surface area (Å²) in [7, 11) is -0.804. The van der Waals surface area contributed by atoms with Crippen molar-refractivity contribution >= 4 is 37.9 Å². The van der Waals surface area contributed by atoms with Crippen molar-refractivity contribution in [3.8, 4) is 5.95 Å². The van der Waals surface area contributed by atoms with Gasteiger partial charge in [-0.05, 0) is 57.3 Å². The predicted molar refractivity (Wildman–Crippen MR) is 154 cm³/mol. The Balaban J connectivity index is 1.21. The first-order valence-corrected chi connectivity index (χ1v) is 16.1. The van der Waals surface area contributed by atoms with Gasteiger partial charge >= 0.3 is 0 Å². The molecule has 0 N–H and O–H groups in total. The standard InChI is InChI=1S/C28H36N8O3S/c1-19-29-22-5-3-4-6-23(22)36(19)28-31-26-25(27(32-28)35-12-14-39-15-13-35)30-24(33(26)2)17-20-7-10-34(11-8-20)21-9-16-40(37,38)18-21/h3-6,20-21H,7-18H2,1-2H3. The lowest BCUT2D eigenvalue weighted by atomic mass is 9.92. The average molecular weight is 565 g/mol. The number of aryl methyl sites for hydroxylation is 2. The van der Waals surface area contributed by atoms with Crippen LogP contribution in [0.15, 0.2) is 24.3 Å². The quantitative estimate of drug-likeness (QED) is 0.360. The number of likely N-dealkylation sites (tertiary alicyclic amines) is 1. The molecule has 3 aliphatic rings. The molecule has 0 amide bonds. The molecule has 0 aliphatic carbocycles. The fraction of sp³-hybridized carbons (Fsp3) is 0.571. The van der Waals surface area contributed by atoms with E-state index in [1.807, 2.05) is 29.7 Å². The number of aromatic nitrogens is 6. The van der Waals surface area contributed by atoms with E-state index in [-0.39, 0.29) is 6.04 Å². The number of anilines is 1. The molecule has 1 aromatic carbocycles. The summed E-state index contributed by atoms with van der Waals surface area (Å²) < 4.78 is 33.7. The zero-order valence-corrected chi connectivity index (χ0v) is 24.0. The second-order valence-corrected chi connectivity index (χ2v) is 13.7. The maximum atomic E-state index is 12.0. The van der Waals surface area contributed by atoms with E-state index in [9.17, 15) is 8.42 Å². The monoisotopic (exact) mass is 564 g/mol. The lowest BCUT2D eigenvalue weighted by Gasteiger charge is -2.35. The minimum absolute atomic E-state index is 0.189. The van der Waals surface area contributed by atoms with Crippen LogP contribution in [-0.2, 0) is 28.0 Å². The number of sulfone groups is 1. The normalized spacial score (nSPS) is 22.6. The van der Waals surface area contributed by atoms with Gasteiger partial charge < -0.3 is 14.2 Å². The molecule has 7 rings (SSSR count). The summed E-state index contributed by atoms with van der Waals surface area (Å²) in [6.45, 7) is 6.73. The molecule has 3 aliphatic heterocycles. The van der Waals surface area contributed by atoms with Gasteiger partial charge in [-0.2, -0.15) is 9.97 Å². The highest BCUT2D eigenvalue weighted by Crippen LogP contribution is 2.31. The molecule has 4 aromatic rings. The van der Waals surface area contributed by atoms with Crippen molar-refractivity contribution in [3.05, 3.63) is 35.9 Å². The number of benzene rings is 1. The van der Waals surface area contributed by atoms with Crippen molar-refractivity contribution in [3.63, 3.8) is 0 Å². The maximum absolute atomic E-state index is 12.0. The molecule has 0 radical (unpaired) electrons. The summed E-state index contributed by atoms with van der Waals surface area (Å²) in [6.07, 6.45) is 3.74. The lowest BCUT2D eigenvalue weighted by molar-refractivity contribution is 0.122. The molecule has 212 valence electrons. The molecular weight excluding hydrogens is 528 g/mol. The van der Waals surface area contributed by atoms with Crippen LogP contribution in [0.4, 0.5) is 5.82 Å². The number of ether oxygens (including phenoxy) is 1. The van der Waals surface area contributed by atoms with Crippen LogP contribution in [0.2, 0.25) is 0 Å². The molecule has 1 atom stereocenters. The molecule has 40 heavy (non-hydrogen) atoms. The summed E-state index contributed by atoms with van der Waals surface area (Å²) in [6, 6.07) is 8.27. The van der Waals surface area contributed by atoms with Crippen LogP contribution in [-0.4, -0.2) is 99.3 Å². The van der Waals surface area contributed by atoms with Gasteiger partial charge in [0.15, 0.2) is 26.8 Å². The Morgan fingerprint density at radius 1 is 0.975 bits per heavy atom. The summed E-state index contributed by atoms with van der Waals surface area (Å²) >= 11 is 0. The largest absolute Gasteiger partial charge is 0.378 e. The zero-order valence-electron chi connectivity index (χ0n) is 23.2. The molecule has 3 fully saturated rings. The van der Waals surface area contributed by atoms with E-state index < -0.39 is 9.84 Å². The van der Waals surface area contributed by atoms with Gasteiger partial charge in [-0.3, -0.25) is 9.47 Å². The Bertz CT molecular complexity index is 1670. The summed E-state index contributed by atoms with van der Waals surface area (Å²) in [5.74, 6) is 4.47. The molecule has 3 saturated heterocycles. The zero-order chi connectivity index (χ0) is 27.4. The SMILES string of the molecule is Cc1nc2ccccc2n1-c1nc(N2CCOCC2)c2nc(CC3CCN(C4CCS(=O)(=O)C4)CC3)n(C)c2n1. The number of rotatable bonds is 5. The number of hydrogen-bond acceptors (Lipinski definition) is 9. The van der Waals surface area contributed by atoms with E-state index in [1.54, 1.807) is 0 Å². The topological polar surface area (TPSA) is 111 Å². The Labute approximate surface area is 234 Å². The number of hydrogen-bond donors (Lipinski definition) is 0. The van der Waals surface area contributed by atoms with Crippen LogP contribution in [0.25, 0.3) is 28.1 Å². The third-order valence-corrected chi connectivity index (χ3v) is 10.6. The van der Waals surface area contributed by atoms with Crippen LogP contribution >= 0.6 is 0 Å². The molecule has 12 heteroatoms. The van der Waals surface area contributed by atoms with Crippen molar-refractivity contribution in [2.24, 2.45) is 13.0 Å². The van der Waals surface area contributed by atoms with Gasteiger partial charge in [0, 0.05) is 32.6 Å². The van der Waals surface area contributed by atoms with Gasteiger partial charge in [0.1, 0.15) is 11.6 Å². The van der Waals surface area contributed by atoms with Crippen LogP contribution in [0.5, 0.6) is 0 Å². The predicted octanol–water partition coefficient (Wildman–Crippen LogP) is 2.29. The fourth-order valence-electron chi connectivity index (χ4n) is 6.60. The highest BCUT2D eigenvalue weighted by molar-refractivity contribution is 7.91. The van der Waals surface area contributed by atoms with E-state index in [2.05, 4.69) is 27.5 Å². The Kier molecular flexibility index (Phi) is 6.51. The lowest BCUT2D eigenvalue weighted by Crippen LogP contribution is -2.42. The Hall–Kier alpha value is -3.09. The molecule has 0 saturated carbocycles.